The van der Waals surface area contributed by atoms with Gasteiger partial charge in [0.15, 0.2) is 0 Å². The molecule has 0 saturated heterocycles. The number of hydrogen-bond acceptors (Lipinski definition) is 4. The number of carbonyl (C=O) groups is 1. The Labute approximate surface area is 119 Å². The second kappa shape index (κ2) is 5.16. The average Bonchev–Trinajstić information content (AvgIpc) is 2.51. The molecule has 0 unspecified atom stereocenters. The van der Waals surface area contributed by atoms with Crippen LogP contribution >= 0.6 is 0 Å². The molecule has 21 heavy (non-hydrogen) atoms. The van der Waals surface area contributed by atoms with Crippen molar-refractivity contribution in [1.29, 1.82) is 0 Å². The Morgan fingerprint density at radius 2 is 1.95 bits per heavy atom. The first-order chi connectivity index (χ1) is 10.1. The van der Waals surface area contributed by atoms with Crippen LogP contribution in [0.25, 0.3) is 10.9 Å². The maximum Gasteiger partial charge on any atom is 0.354 e. The SMILES string of the molecule is O=C(O)c1cccc(Cn2ncc(=O)c3ccccc32)n1. The first kappa shape index (κ1) is 13.0. The molecule has 0 atom stereocenters. The fourth-order valence-corrected chi connectivity index (χ4v) is 2.13. The van der Waals surface area contributed by atoms with E-state index in [1.54, 1.807) is 35.0 Å². The van der Waals surface area contributed by atoms with Gasteiger partial charge in [-0.1, -0.05) is 18.2 Å². The molecule has 0 fully saturated rings. The summed E-state index contributed by atoms with van der Waals surface area (Å²) >= 11 is 0. The lowest BCUT2D eigenvalue weighted by Crippen LogP contribution is -2.14. The minimum atomic E-state index is -1.07. The van der Waals surface area contributed by atoms with Gasteiger partial charge < -0.3 is 5.11 Å². The van der Waals surface area contributed by atoms with E-state index in [1.165, 1.54) is 12.3 Å². The Kier molecular flexibility index (Phi) is 3.19. The van der Waals surface area contributed by atoms with E-state index in [0.29, 0.717) is 23.1 Å². The van der Waals surface area contributed by atoms with Gasteiger partial charge in [-0.25, -0.2) is 9.78 Å². The topological polar surface area (TPSA) is 85.1 Å². The zero-order chi connectivity index (χ0) is 14.8. The Morgan fingerprint density at radius 3 is 2.76 bits per heavy atom. The molecule has 2 heterocycles. The summed E-state index contributed by atoms with van der Waals surface area (Å²) in [6.45, 7) is 0.294. The van der Waals surface area contributed by atoms with Gasteiger partial charge in [0.05, 0.1) is 24.0 Å². The van der Waals surface area contributed by atoms with Crippen LogP contribution in [0.1, 0.15) is 16.2 Å². The second-order valence-corrected chi connectivity index (χ2v) is 4.50. The molecule has 0 spiro atoms. The normalized spacial score (nSPS) is 10.7. The molecule has 6 nitrogen and oxygen atoms in total. The van der Waals surface area contributed by atoms with Gasteiger partial charge in [0, 0.05) is 5.39 Å². The Hall–Kier alpha value is -3.02. The maximum absolute atomic E-state index is 11.8. The van der Waals surface area contributed by atoms with Crippen molar-refractivity contribution in [3.05, 3.63) is 70.3 Å². The number of rotatable bonds is 3. The van der Waals surface area contributed by atoms with Crippen LogP contribution in [0.4, 0.5) is 0 Å². The number of aromatic nitrogens is 3. The molecule has 1 aromatic carbocycles. The van der Waals surface area contributed by atoms with E-state index in [9.17, 15) is 9.59 Å². The fraction of sp³-hybridized carbons (Fsp3) is 0.0667. The zero-order valence-corrected chi connectivity index (χ0v) is 10.9. The fourth-order valence-electron chi connectivity index (χ4n) is 2.13. The minimum absolute atomic E-state index is 0.0159. The highest BCUT2D eigenvalue weighted by Crippen LogP contribution is 2.10. The van der Waals surface area contributed by atoms with Gasteiger partial charge in [0.2, 0.25) is 5.43 Å². The van der Waals surface area contributed by atoms with Crippen LogP contribution < -0.4 is 5.43 Å². The monoisotopic (exact) mass is 281 g/mol. The van der Waals surface area contributed by atoms with Crippen LogP contribution in [0.15, 0.2) is 53.5 Å². The molecule has 0 radical (unpaired) electrons. The number of fused-ring (bicyclic) bond motifs is 1. The highest BCUT2D eigenvalue weighted by Gasteiger charge is 2.08. The molecule has 0 bridgehead atoms. The van der Waals surface area contributed by atoms with Gasteiger partial charge >= 0.3 is 5.97 Å². The highest BCUT2D eigenvalue weighted by atomic mass is 16.4. The van der Waals surface area contributed by atoms with Crippen molar-refractivity contribution in [1.82, 2.24) is 14.8 Å². The molecule has 0 amide bonds. The van der Waals surface area contributed by atoms with E-state index in [-0.39, 0.29) is 11.1 Å². The summed E-state index contributed by atoms with van der Waals surface area (Å²) in [6, 6.07) is 11.9. The van der Waals surface area contributed by atoms with Crippen LogP contribution in [-0.2, 0) is 6.54 Å². The van der Waals surface area contributed by atoms with Gasteiger partial charge in [0.25, 0.3) is 0 Å². The molecule has 0 aliphatic carbocycles. The average molecular weight is 281 g/mol. The Bertz CT molecular complexity index is 886. The molecule has 6 heteroatoms. The number of carboxylic acid groups (broad SMARTS) is 1. The number of aromatic carboxylic acids is 1. The van der Waals surface area contributed by atoms with Crippen molar-refractivity contribution in [2.24, 2.45) is 0 Å². The lowest BCUT2D eigenvalue weighted by atomic mass is 10.2. The molecule has 3 rings (SSSR count). The first-order valence-electron chi connectivity index (χ1n) is 6.29. The molecule has 0 aliphatic rings. The van der Waals surface area contributed by atoms with Gasteiger partial charge in [0.1, 0.15) is 5.69 Å². The van der Waals surface area contributed by atoms with E-state index < -0.39 is 5.97 Å². The van der Waals surface area contributed by atoms with E-state index >= 15 is 0 Å². The summed E-state index contributed by atoms with van der Waals surface area (Å²) in [5, 5.41) is 13.6. The van der Waals surface area contributed by atoms with Crippen LogP contribution in [-0.4, -0.2) is 25.8 Å². The van der Waals surface area contributed by atoms with Crippen LogP contribution in [0.3, 0.4) is 0 Å². The van der Waals surface area contributed by atoms with Gasteiger partial charge in [-0.05, 0) is 24.3 Å². The summed E-state index contributed by atoms with van der Waals surface area (Å²) in [6.07, 6.45) is 1.25. The quantitative estimate of drug-likeness (QED) is 0.787. The standard InChI is InChI=1S/C15H11N3O3/c19-14-8-16-18(13-7-2-1-5-11(13)14)9-10-4-3-6-12(17-10)15(20)21/h1-8H,9H2,(H,20,21). The van der Waals surface area contributed by atoms with E-state index in [2.05, 4.69) is 10.1 Å². The lowest BCUT2D eigenvalue weighted by molar-refractivity contribution is 0.0690. The van der Waals surface area contributed by atoms with E-state index in [4.69, 9.17) is 5.11 Å². The van der Waals surface area contributed by atoms with Crippen molar-refractivity contribution >= 4 is 16.9 Å². The summed E-state index contributed by atoms with van der Waals surface area (Å²) in [5.74, 6) is -1.07. The van der Waals surface area contributed by atoms with E-state index in [0.717, 1.165) is 0 Å². The Balaban J connectivity index is 2.06. The molecule has 3 aromatic rings. The van der Waals surface area contributed by atoms with Crippen LogP contribution in [0.5, 0.6) is 0 Å². The third-order valence-corrected chi connectivity index (χ3v) is 3.10. The summed E-state index contributed by atoms with van der Waals surface area (Å²) in [4.78, 5) is 26.8. The molecule has 104 valence electrons. The molecule has 2 aromatic heterocycles. The molecule has 1 N–H and O–H groups in total. The van der Waals surface area contributed by atoms with Crippen LogP contribution in [0.2, 0.25) is 0 Å². The number of para-hydroxylation sites is 1. The minimum Gasteiger partial charge on any atom is -0.477 e. The predicted molar refractivity (Wildman–Crippen MR) is 76.3 cm³/mol. The number of nitrogens with zero attached hydrogens (tertiary/aromatic N) is 3. The highest BCUT2D eigenvalue weighted by molar-refractivity contribution is 5.85. The summed E-state index contributed by atoms with van der Waals surface area (Å²) < 4.78 is 1.63. The maximum atomic E-state index is 11.8. The lowest BCUT2D eigenvalue weighted by Gasteiger charge is -2.09. The number of carboxylic acids is 1. The zero-order valence-electron chi connectivity index (χ0n) is 10.9. The summed E-state index contributed by atoms with van der Waals surface area (Å²) in [5.41, 5.74) is 1.09. The third-order valence-electron chi connectivity index (χ3n) is 3.10. The predicted octanol–water partition coefficient (Wildman–Crippen LogP) is 1.54. The number of pyridine rings is 1. The second-order valence-electron chi connectivity index (χ2n) is 4.50. The molecule has 0 saturated carbocycles. The van der Waals surface area contributed by atoms with Crippen molar-refractivity contribution in [3.8, 4) is 0 Å². The first-order valence-corrected chi connectivity index (χ1v) is 6.29. The van der Waals surface area contributed by atoms with Crippen molar-refractivity contribution in [2.75, 3.05) is 0 Å². The van der Waals surface area contributed by atoms with Crippen molar-refractivity contribution < 1.29 is 9.90 Å². The van der Waals surface area contributed by atoms with E-state index in [1.807, 2.05) is 6.07 Å². The van der Waals surface area contributed by atoms with Gasteiger partial charge in [-0.3, -0.25) is 9.48 Å². The number of benzene rings is 1. The van der Waals surface area contributed by atoms with Gasteiger partial charge in [-0.15, -0.1) is 0 Å². The number of hydrogen-bond donors (Lipinski definition) is 1. The molecule has 0 aliphatic heterocycles. The molecular weight excluding hydrogens is 270 g/mol. The molecular formula is C15H11N3O3. The van der Waals surface area contributed by atoms with Gasteiger partial charge in [-0.2, -0.15) is 5.10 Å². The summed E-state index contributed by atoms with van der Waals surface area (Å²) in [7, 11) is 0. The third kappa shape index (κ3) is 2.51. The largest absolute Gasteiger partial charge is 0.477 e. The Morgan fingerprint density at radius 1 is 1.14 bits per heavy atom. The smallest absolute Gasteiger partial charge is 0.354 e. The van der Waals surface area contributed by atoms with Crippen molar-refractivity contribution in [3.63, 3.8) is 0 Å². The van der Waals surface area contributed by atoms with Crippen molar-refractivity contribution in [2.45, 2.75) is 6.54 Å². The van der Waals surface area contributed by atoms with Crippen LogP contribution in [0, 0.1) is 0 Å².